The Morgan fingerprint density at radius 2 is 1.85 bits per heavy atom. The second-order valence-corrected chi connectivity index (χ2v) is 5.26. The molecular formula is C15H24ClNO3. The minimum atomic E-state index is 0.0871. The van der Waals surface area contributed by atoms with Crippen molar-refractivity contribution < 1.29 is 14.6 Å². The predicted octanol–water partition coefficient (Wildman–Crippen LogP) is 2.81. The molecule has 1 aromatic carbocycles. The van der Waals surface area contributed by atoms with Crippen LogP contribution >= 0.6 is 11.6 Å². The highest BCUT2D eigenvalue weighted by Crippen LogP contribution is 2.39. The van der Waals surface area contributed by atoms with Crippen molar-refractivity contribution in [2.75, 3.05) is 27.4 Å². The zero-order valence-corrected chi connectivity index (χ0v) is 13.1. The van der Waals surface area contributed by atoms with Gasteiger partial charge in [0.05, 0.1) is 14.2 Å². The van der Waals surface area contributed by atoms with E-state index in [9.17, 15) is 5.11 Å². The van der Waals surface area contributed by atoms with Crippen molar-refractivity contribution in [3.8, 4) is 11.5 Å². The number of hydrogen-bond acceptors (Lipinski definition) is 4. The molecule has 0 aliphatic heterocycles. The van der Waals surface area contributed by atoms with Crippen molar-refractivity contribution >= 4 is 11.6 Å². The smallest absolute Gasteiger partial charge is 0.162 e. The third-order valence-electron chi connectivity index (χ3n) is 3.64. The average Bonchev–Trinajstić information content (AvgIpc) is 2.48. The van der Waals surface area contributed by atoms with Gasteiger partial charge >= 0.3 is 0 Å². The van der Waals surface area contributed by atoms with Crippen molar-refractivity contribution in [1.82, 2.24) is 0 Å². The van der Waals surface area contributed by atoms with Crippen LogP contribution in [-0.2, 0) is 0 Å². The van der Waals surface area contributed by atoms with Crippen LogP contribution in [0.25, 0.3) is 0 Å². The van der Waals surface area contributed by atoms with Gasteiger partial charge < -0.3 is 20.3 Å². The van der Waals surface area contributed by atoms with Crippen LogP contribution in [0.3, 0.4) is 0 Å². The van der Waals surface area contributed by atoms with Gasteiger partial charge in [-0.05, 0) is 42.9 Å². The number of halogens is 1. The molecule has 0 amide bonds. The fourth-order valence-corrected chi connectivity index (χ4v) is 2.65. The molecule has 5 heteroatoms. The van der Waals surface area contributed by atoms with Gasteiger partial charge in [0.15, 0.2) is 11.5 Å². The molecule has 114 valence electrons. The maximum atomic E-state index is 9.31. The Morgan fingerprint density at radius 3 is 2.30 bits per heavy atom. The van der Waals surface area contributed by atoms with E-state index in [0.29, 0.717) is 23.1 Å². The first-order valence-electron chi connectivity index (χ1n) is 6.83. The zero-order chi connectivity index (χ0) is 15.1. The fourth-order valence-electron chi connectivity index (χ4n) is 2.34. The molecule has 1 rings (SSSR count). The van der Waals surface area contributed by atoms with Crippen molar-refractivity contribution in [1.29, 1.82) is 0 Å². The molecular weight excluding hydrogens is 278 g/mol. The van der Waals surface area contributed by atoms with Crippen LogP contribution in [0.5, 0.6) is 11.5 Å². The van der Waals surface area contributed by atoms with Crippen LogP contribution in [-0.4, -0.2) is 32.5 Å². The van der Waals surface area contributed by atoms with Gasteiger partial charge in [-0.1, -0.05) is 18.5 Å². The summed E-state index contributed by atoms with van der Waals surface area (Å²) in [5.74, 6) is 1.61. The standard InChI is InChI=1S/C15H24ClNO3/c1-4-11(5-10(8-17)9-18)12-6-14(19-2)15(20-3)7-13(12)16/h6-7,10-11,18H,4-5,8-9,17H2,1-3H3. The van der Waals surface area contributed by atoms with Gasteiger partial charge in [0.2, 0.25) is 0 Å². The second-order valence-electron chi connectivity index (χ2n) is 4.85. The quantitative estimate of drug-likeness (QED) is 0.775. The highest BCUT2D eigenvalue weighted by molar-refractivity contribution is 6.31. The molecule has 0 fully saturated rings. The van der Waals surface area contributed by atoms with E-state index in [4.69, 9.17) is 26.8 Å². The van der Waals surface area contributed by atoms with Crippen molar-refractivity contribution in [2.45, 2.75) is 25.7 Å². The van der Waals surface area contributed by atoms with Gasteiger partial charge in [-0.25, -0.2) is 0 Å². The van der Waals surface area contributed by atoms with E-state index in [1.165, 1.54) is 0 Å². The summed E-state index contributed by atoms with van der Waals surface area (Å²) >= 11 is 6.35. The maximum absolute atomic E-state index is 9.31. The molecule has 0 saturated heterocycles. The van der Waals surface area contributed by atoms with Gasteiger partial charge in [0.1, 0.15) is 0 Å². The molecule has 2 unspecified atom stereocenters. The molecule has 2 atom stereocenters. The Balaban J connectivity index is 3.08. The SMILES string of the molecule is CCC(CC(CN)CO)c1cc(OC)c(OC)cc1Cl. The Kier molecular flexibility index (Phi) is 7.13. The third-order valence-corrected chi connectivity index (χ3v) is 3.97. The van der Waals surface area contributed by atoms with Crippen molar-refractivity contribution in [3.63, 3.8) is 0 Å². The predicted molar refractivity (Wildman–Crippen MR) is 81.8 cm³/mol. The van der Waals surface area contributed by atoms with E-state index in [0.717, 1.165) is 18.4 Å². The first kappa shape index (κ1) is 17.1. The fraction of sp³-hybridized carbons (Fsp3) is 0.600. The van der Waals surface area contributed by atoms with Gasteiger partial charge in [-0.15, -0.1) is 0 Å². The van der Waals surface area contributed by atoms with Crippen LogP contribution in [0, 0.1) is 5.92 Å². The van der Waals surface area contributed by atoms with Crippen LogP contribution < -0.4 is 15.2 Å². The summed E-state index contributed by atoms with van der Waals surface area (Å²) in [5.41, 5.74) is 6.68. The second kappa shape index (κ2) is 8.35. The van der Waals surface area contributed by atoms with Gasteiger partial charge in [-0.3, -0.25) is 0 Å². The first-order chi connectivity index (χ1) is 9.60. The van der Waals surface area contributed by atoms with E-state index in [2.05, 4.69) is 6.92 Å². The average molecular weight is 302 g/mol. The van der Waals surface area contributed by atoms with Gasteiger partial charge in [0, 0.05) is 17.7 Å². The highest BCUT2D eigenvalue weighted by atomic mass is 35.5. The lowest BCUT2D eigenvalue weighted by atomic mass is 9.87. The Morgan fingerprint density at radius 1 is 1.25 bits per heavy atom. The molecule has 0 aliphatic rings. The lowest BCUT2D eigenvalue weighted by Gasteiger charge is -2.22. The van der Waals surface area contributed by atoms with Crippen LogP contribution in [0.4, 0.5) is 0 Å². The van der Waals surface area contributed by atoms with E-state index in [1.807, 2.05) is 6.07 Å². The topological polar surface area (TPSA) is 64.7 Å². The number of aliphatic hydroxyl groups excluding tert-OH is 1. The monoisotopic (exact) mass is 301 g/mol. The van der Waals surface area contributed by atoms with Gasteiger partial charge in [-0.2, -0.15) is 0 Å². The number of hydrogen-bond donors (Lipinski definition) is 2. The number of rotatable bonds is 8. The summed E-state index contributed by atoms with van der Waals surface area (Å²) in [4.78, 5) is 0. The minimum Gasteiger partial charge on any atom is -0.493 e. The van der Waals surface area contributed by atoms with Crippen LogP contribution in [0.2, 0.25) is 5.02 Å². The maximum Gasteiger partial charge on any atom is 0.162 e. The van der Waals surface area contributed by atoms with Gasteiger partial charge in [0.25, 0.3) is 0 Å². The zero-order valence-electron chi connectivity index (χ0n) is 12.4. The molecule has 0 spiro atoms. The molecule has 0 bridgehead atoms. The lowest BCUT2D eigenvalue weighted by Crippen LogP contribution is -2.20. The number of methoxy groups -OCH3 is 2. The molecule has 0 aromatic heterocycles. The van der Waals surface area contributed by atoms with E-state index in [-0.39, 0.29) is 18.4 Å². The molecule has 1 aromatic rings. The van der Waals surface area contributed by atoms with E-state index in [1.54, 1.807) is 20.3 Å². The van der Waals surface area contributed by atoms with Crippen LogP contribution in [0.1, 0.15) is 31.2 Å². The summed E-state index contributed by atoms with van der Waals surface area (Å²) in [6.45, 7) is 2.67. The van der Waals surface area contributed by atoms with E-state index < -0.39 is 0 Å². The minimum absolute atomic E-state index is 0.0871. The number of aliphatic hydroxyl groups is 1. The number of benzene rings is 1. The number of ether oxygens (including phenoxy) is 2. The lowest BCUT2D eigenvalue weighted by molar-refractivity contribution is 0.214. The Bertz CT molecular complexity index is 422. The molecule has 4 nitrogen and oxygen atoms in total. The summed E-state index contributed by atoms with van der Waals surface area (Å²) < 4.78 is 10.6. The highest BCUT2D eigenvalue weighted by Gasteiger charge is 2.20. The van der Waals surface area contributed by atoms with Crippen molar-refractivity contribution in [3.05, 3.63) is 22.7 Å². The number of nitrogens with two attached hydrogens (primary N) is 1. The summed E-state index contributed by atoms with van der Waals surface area (Å²) in [5, 5.41) is 9.97. The normalized spacial score (nSPS) is 13.9. The molecule has 0 aliphatic carbocycles. The molecule has 0 saturated carbocycles. The summed E-state index contributed by atoms with van der Waals surface area (Å²) in [6, 6.07) is 3.69. The largest absolute Gasteiger partial charge is 0.493 e. The Labute approximate surface area is 125 Å². The third kappa shape index (κ3) is 4.01. The molecule has 0 radical (unpaired) electrons. The summed E-state index contributed by atoms with van der Waals surface area (Å²) in [6.07, 6.45) is 1.73. The van der Waals surface area contributed by atoms with Crippen molar-refractivity contribution in [2.24, 2.45) is 11.7 Å². The molecule has 20 heavy (non-hydrogen) atoms. The Hall–Kier alpha value is -0.970. The first-order valence-corrected chi connectivity index (χ1v) is 7.21. The van der Waals surface area contributed by atoms with E-state index >= 15 is 0 Å². The molecule has 3 N–H and O–H groups in total. The molecule has 0 heterocycles. The van der Waals surface area contributed by atoms with Crippen LogP contribution in [0.15, 0.2) is 12.1 Å². The summed E-state index contributed by atoms with van der Waals surface area (Å²) in [7, 11) is 3.19.